The van der Waals surface area contributed by atoms with E-state index in [2.05, 4.69) is 25.2 Å². The van der Waals surface area contributed by atoms with Crippen LogP contribution < -0.4 is 0 Å². The topological polar surface area (TPSA) is 26.3 Å². The number of carbonyl (C=O) groups is 1. The molecule has 0 fully saturated rings. The predicted molar refractivity (Wildman–Crippen MR) is 75.3 cm³/mol. The van der Waals surface area contributed by atoms with Gasteiger partial charge in [-0.05, 0) is 38.0 Å². The summed E-state index contributed by atoms with van der Waals surface area (Å²) in [6, 6.07) is 0. The van der Waals surface area contributed by atoms with E-state index in [9.17, 15) is 4.79 Å². The molecular weight excluding hydrogens is 224 g/mol. The van der Waals surface area contributed by atoms with Gasteiger partial charge in [-0.3, -0.25) is 4.79 Å². The lowest BCUT2D eigenvalue weighted by molar-refractivity contribution is -0.142. The van der Waals surface area contributed by atoms with E-state index >= 15 is 0 Å². The highest BCUT2D eigenvalue weighted by Crippen LogP contribution is 2.13. The zero-order valence-electron chi connectivity index (χ0n) is 11.6. The molecule has 0 aromatic carbocycles. The van der Waals surface area contributed by atoms with Gasteiger partial charge in [-0.25, -0.2) is 0 Å². The average molecular weight is 250 g/mol. The zero-order chi connectivity index (χ0) is 13.1. The van der Waals surface area contributed by atoms with E-state index in [-0.39, 0.29) is 5.97 Å². The molecule has 18 heavy (non-hydrogen) atoms. The van der Waals surface area contributed by atoms with Crippen molar-refractivity contribution in [2.24, 2.45) is 5.92 Å². The molecular formula is C16H26O2. The standard InChI is InChI=1S/C16H26O2/c1-15-11-9-7-5-3-2-4-6-8-10-12-16(17)18-14-13-15/h2-3,8,10,15H,4-7,9,11-14H2,1H3. The van der Waals surface area contributed by atoms with Crippen molar-refractivity contribution >= 4 is 5.97 Å². The highest BCUT2D eigenvalue weighted by molar-refractivity contribution is 5.71. The largest absolute Gasteiger partial charge is 0.465 e. The van der Waals surface area contributed by atoms with Crippen LogP contribution in [0, 0.1) is 5.92 Å². The third-order valence-electron chi connectivity index (χ3n) is 3.31. The normalized spacial score (nSPS) is 24.7. The van der Waals surface area contributed by atoms with E-state index in [4.69, 9.17) is 4.74 Å². The van der Waals surface area contributed by atoms with Crippen molar-refractivity contribution in [3.05, 3.63) is 24.3 Å². The van der Waals surface area contributed by atoms with Gasteiger partial charge in [0.05, 0.1) is 13.0 Å². The second-order valence-corrected chi connectivity index (χ2v) is 5.12. The summed E-state index contributed by atoms with van der Waals surface area (Å²) in [5.74, 6) is 0.561. The van der Waals surface area contributed by atoms with Gasteiger partial charge < -0.3 is 4.74 Å². The fourth-order valence-corrected chi connectivity index (χ4v) is 2.06. The Balaban J connectivity index is 2.34. The van der Waals surface area contributed by atoms with Crippen molar-refractivity contribution in [1.82, 2.24) is 0 Å². The maximum atomic E-state index is 11.4. The molecule has 0 saturated carbocycles. The molecule has 0 saturated heterocycles. The van der Waals surface area contributed by atoms with Crippen LogP contribution in [0.15, 0.2) is 24.3 Å². The van der Waals surface area contributed by atoms with Crippen LogP contribution in [0.2, 0.25) is 0 Å². The van der Waals surface area contributed by atoms with Crippen molar-refractivity contribution in [2.75, 3.05) is 6.61 Å². The maximum absolute atomic E-state index is 11.4. The summed E-state index contributed by atoms with van der Waals surface area (Å²) >= 11 is 0. The molecule has 0 aromatic rings. The minimum atomic E-state index is -0.0962. The lowest BCUT2D eigenvalue weighted by atomic mass is 10.00. The Labute approximate surface area is 111 Å². The van der Waals surface area contributed by atoms with E-state index in [1.165, 1.54) is 25.7 Å². The van der Waals surface area contributed by atoms with Gasteiger partial charge in [0.15, 0.2) is 0 Å². The van der Waals surface area contributed by atoms with E-state index in [0.717, 1.165) is 19.3 Å². The molecule has 102 valence electrons. The van der Waals surface area contributed by atoms with Gasteiger partial charge in [-0.1, -0.05) is 44.1 Å². The highest BCUT2D eigenvalue weighted by atomic mass is 16.5. The van der Waals surface area contributed by atoms with E-state index < -0.39 is 0 Å². The Bertz CT molecular complexity index is 279. The van der Waals surface area contributed by atoms with E-state index in [0.29, 0.717) is 18.9 Å². The van der Waals surface area contributed by atoms with Crippen molar-refractivity contribution in [3.63, 3.8) is 0 Å². The number of carbonyl (C=O) groups excluding carboxylic acids is 1. The van der Waals surface area contributed by atoms with Crippen LogP contribution in [-0.2, 0) is 9.53 Å². The molecule has 0 spiro atoms. The Morgan fingerprint density at radius 2 is 1.72 bits per heavy atom. The number of allylic oxidation sites excluding steroid dienone is 3. The van der Waals surface area contributed by atoms with Gasteiger partial charge in [0.1, 0.15) is 0 Å². The summed E-state index contributed by atoms with van der Waals surface area (Å²) in [7, 11) is 0. The van der Waals surface area contributed by atoms with Gasteiger partial charge in [0.25, 0.3) is 0 Å². The molecule has 0 radical (unpaired) electrons. The predicted octanol–water partition coefficient (Wildman–Crippen LogP) is 4.41. The summed E-state index contributed by atoms with van der Waals surface area (Å²) in [5, 5.41) is 0. The number of hydrogen-bond donors (Lipinski definition) is 0. The first-order valence-corrected chi connectivity index (χ1v) is 7.24. The summed E-state index contributed by atoms with van der Waals surface area (Å²) in [4.78, 5) is 11.4. The lowest BCUT2D eigenvalue weighted by Gasteiger charge is -2.11. The smallest absolute Gasteiger partial charge is 0.309 e. The number of rotatable bonds is 0. The summed E-state index contributed by atoms with van der Waals surface area (Å²) < 4.78 is 5.21. The van der Waals surface area contributed by atoms with Crippen molar-refractivity contribution < 1.29 is 9.53 Å². The first-order chi connectivity index (χ1) is 8.79. The van der Waals surface area contributed by atoms with Crippen LogP contribution in [0.1, 0.15) is 58.3 Å². The highest BCUT2D eigenvalue weighted by Gasteiger charge is 2.04. The Morgan fingerprint density at radius 3 is 2.56 bits per heavy atom. The van der Waals surface area contributed by atoms with E-state index in [1.807, 2.05) is 6.08 Å². The SMILES string of the molecule is CC1CCCCC=CCCC=CCC(=O)OCC1. The molecule has 1 heterocycles. The monoisotopic (exact) mass is 250 g/mol. The first kappa shape index (κ1) is 15.0. The molecule has 0 aliphatic carbocycles. The molecule has 2 nitrogen and oxygen atoms in total. The molecule has 0 amide bonds. The number of ether oxygens (including phenoxy) is 1. The molecule has 1 aliphatic rings. The number of hydrogen-bond acceptors (Lipinski definition) is 2. The minimum Gasteiger partial charge on any atom is -0.465 e. The summed E-state index contributed by atoms with van der Waals surface area (Å²) in [6.45, 7) is 2.82. The third-order valence-corrected chi connectivity index (χ3v) is 3.31. The second kappa shape index (κ2) is 9.93. The lowest BCUT2D eigenvalue weighted by Crippen LogP contribution is -2.07. The Hall–Kier alpha value is -1.05. The van der Waals surface area contributed by atoms with Crippen LogP contribution in [0.3, 0.4) is 0 Å². The molecule has 1 rings (SSSR count). The molecule has 0 bridgehead atoms. The van der Waals surface area contributed by atoms with Crippen LogP contribution in [0.25, 0.3) is 0 Å². The molecule has 1 unspecified atom stereocenters. The molecule has 1 aliphatic heterocycles. The maximum Gasteiger partial charge on any atom is 0.309 e. The third kappa shape index (κ3) is 8.10. The first-order valence-electron chi connectivity index (χ1n) is 7.24. The van der Waals surface area contributed by atoms with Gasteiger partial charge in [-0.15, -0.1) is 0 Å². The van der Waals surface area contributed by atoms with E-state index in [1.54, 1.807) is 0 Å². The molecule has 0 N–H and O–H groups in total. The fraction of sp³-hybridized carbons (Fsp3) is 0.688. The van der Waals surface area contributed by atoms with Crippen molar-refractivity contribution in [3.8, 4) is 0 Å². The number of esters is 1. The molecule has 1 atom stereocenters. The quantitative estimate of drug-likeness (QED) is 0.470. The van der Waals surface area contributed by atoms with Crippen LogP contribution >= 0.6 is 0 Å². The zero-order valence-corrected chi connectivity index (χ0v) is 11.6. The molecule has 2 heteroatoms. The summed E-state index contributed by atoms with van der Waals surface area (Å²) in [5.41, 5.74) is 0. The fourth-order valence-electron chi connectivity index (χ4n) is 2.06. The van der Waals surface area contributed by atoms with Gasteiger partial charge in [-0.2, -0.15) is 0 Å². The van der Waals surface area contributed by atoms with Crippen LogP contribution in [-0.4, -0.2) is 12.6 Å². The van der Waals surface area contributed by atoms with Crippen molar-refractivity contribution in [1.29, 1.82) is 0 Å². The van der Waals surface area contributed by atoms with Crippen LogP contribution in [0.5, 0.6) is 0 Å². The minimum absolute atomic E-state index is 0.0962. The van der Waals surface area contributed by atoms with Gasteiger partial charge in [0.2, 0.25) is 0 Å². The number of cyclic esters (lactones) is 1. The van der Waals surface area contributed by atoms with Gasteiger partial charge >= 0.3 is 5.97 Å². The Morgan fingerprint density at radius 1 is 1.00 bits per heavy atom. The molecule has 0 aromatic heterocycles. The van der Waals surface area contributed by atoms with Gasteiger partial charge in [0, 0.05) is 0 Å². The Kier molecular flexibility index (Phi) is 8.28. The average Bonchev–Trinajstić information content (AvgIpc) is 2.34. The van der Waals surface area contributed by atoms with Crippen molar-refractivity contribution in [2.45, 2.75) is 58.3 Å². The summed E-state index contributed by atoms with van der Waals surface area (Å²) in [6.07, 6.45) is 17.0. The van der Waals surface area contributed by atoms with Crippen LogP contribution in [0.4, 0.5) is 0 Å². The second-order valence-electron chi connectivity index (χ2n) is 5.12.